The van der Waals surface area contributed by atoms with Gasteiger partial charge in [0.05, 0.1) is 22.4 Å². The highest BCUT2D eigenvalue weighted by Crippen LogP contribution is 2.57. The zero-order valence-corrected chi connectivity index (χ0v) is 26.8. The van der Waals surface area contributed by atoms with Gasteiger partial charge in [0.1, 0.15) is 0 Å². The van der Waals surface area contributed by atoms with Crippen LogP contribution in [0.3, 0.4) is 0 Å². The van der Waals surface area contributed by atoms with Gasteiger partial charge in [0.25, 0.3) is 0 Å². The monoisotopic (exact) mass is 613 g/mol. The minimum Gasteiger partial charge on any atom is -0.278 e. The highest BCUT2D eigenvalue weighted by Gasteiger charge is 2.41. The molecule has 0 amide bonds. The molecular formula is C45H31N3. The molecule has 3 heteroatoms. The second kappa shape index (κ2) is 9.97. The van der Waals surface area contributed by atoms with Gasteiger partial charge in [0.15, 0.2) is 0 Å². The van der Waals surface area contributed by atoms with Crippen molar-refractivity contribution < 1.29 is 0 Å². The molecule has 2 heterocycles. The van der Waals surface area contributed by atoms with Crippen LogP contribution in [0.2, 0.25) is 0 Å². The maximum Gasteiger partial charge on any atom is 0.235 e. The Hall–Kier alpha value is -6.06. The van der Waals surface area contributed by atoms with Crippen LogP contribution < -0.4 is 0 Å². The molecule has 0 unspecified atom stereocenters. The number of aromatic nitrogens is 3. The van der Waals surface area contributed by atoms with Crippen molar-refractivity contribution >= 4 is 43.4 Å². The van der Waals surface area contributed by atoms with E-state index in [2.05, 4.69) is 170 Å². The first-order valence-electron chi connectivity index (χ1n) is 16.6. The maximum absolute atomic E-state index is 5.38. The first-order valence-corrected chi connectivity index (χ1v) is 16.6. The Morgan fingerprint density at radius 3 is 1.75 bits per heavy atom. The lowest BCUT2D eigenvalue weighted by Gasteiger charge is -2.24. The topological polar surface area (TPSA) is 30.7 Å². The second-order valence-corrected chi connectivity index (χ2v) is 13.4. The van der Waals surface area contributed by atoms with Gasteiger partial charge in [-0.05, 0) is 55.9 Å². The summed E-state index contributed by atoms with van der Waals surface area (Å²) in [7, 11) is 0. The van der Waals surface area contributed by atoms with E-state index < -0.39 is 0 Å². The summed E-state index contributed by atoms with van der Waals surface area (Å²) in [5.41, 5.74) is 11.3. The molecular weight excluding hydrogens is 583 g/mol. The molecule has 0 fully saturated rings. The summed E-state index contributed by atoms with van der Waals surface area (Å²) in [6, 6.07) is 54.2. The zero-order valence-electron chi connectivity index (χ0n) is 26.8. The molecule has 0 saturated carbocycles. The third kappa shape index (κ3) is 3.70. The van der Waals surface area contributed by atoms with E-state index in [1.54, 1.807) is 0 Å². The van der Waals surface area contributed by atoms with E-state index in [-0.39, 0.29) is 5.41 Å². The van der Waals surface area contributed by atoms with Gasteiger partial charge in [-0.25, -0.2) is 9.97 Å². The predicted molar refractivity (Wildman–Crippen MR) is 200 cm³/mol. The first kappa shape index (κ1) is 27.1. The highest BCUT2D eigenvalue weighted by molar-refractivity contribution is 6.28. The van der Waals surface area contributed by atoms with Crippen LogP contribution in [0.5, 0.6) is 0 Å². The average molecular weight is 614 g/mol. The van der Waals surface area contributed by atoms with Crippen LogP contribution in [-0.2, 0) is 5.41 Å². The molecule has 1 aliphatic rings. The smallest absolute Gasteiger partial charge is 0.235 e. The molecule has 0 aliphatic heterocycles. The largest absolute Gasteiger partial charge is 0.278 e. The number of para-hydroxylation sites is 1. The molecule has 7 aromatic carbocycles. The van der Waals surface area contributed by atoms with Gasteiger partial charge in [-0.3, -0.25) is 4.57 Å². The van der Waals surface area contributed by atoms with Crippen molar-refractivity contribution in [3.8, 4) is 39.6 Å². The Balaban J connectivity index is 1.42. The normalized spacial score (nSPS) is 13.4. The van der Waals surface area contributed by atoms with Crippen LogP contribution in [-0.4, -0.2) is 14.5 Å². The van der Waals surface area contributed by atoms with Gasteiger partial charge >= 0.3 is 0 Å². The van der Waals surface area contributed by atoms with Crippen molar-refractivity contribution in [3.63, 3.8) is 0 Å². The molecule has 0 radical (unpaired) electrons. The molecule has 0 bridgehead atoms. The number of rotatable bonds is 3. The molecule has 0 saturated heterocycles. The summed E-state index contributed by atoms with van der Waals surface area (Å²) in [5, 5.41) is 7.55. The summed E-state index contributed by atoms with van der Waals surface area (Å²) >= 11 is 0. The van der Waals surface area contributed by atoms with Crippen LogP contribution in [0.1, 0.15) is 25.0 Å². The molecule has 0 N–H and O–H groups in total. The number of hydrogen-bond donors (Lipinski definition) is 0. The predicted octanol–water partition coefficient (Wildman–Crippen LogP) is 11.5. The van der Waals surface area contributed by atoms with Crippen molar-refractivity contribution in [3.05, 3.63) is 163 Å². The van der Waals surface area contributed by atoms with Gasteiger partial charge in [0, 0.05) is 27.3 Å². The third-order valence-corrected chi connectivity index (χ3v) is 10.4. The van der Waals surface area contributed by atoms with Gasteiger partial charge in [-0.15, -0.1) is 0 Å². The number of nitrogens with zero attached hydrogens (tertiary/aromatic N) is 3. The van der Waals surface area contributed by atoms with Gasteiger partial charge in [0.2, 0.25) is 5.95 Å². The van der Waals surface area contributed by atoms with Crippen molar-refractivity contribution in [2.75, 3.05) is 0 Å². The first-order chi connectivity index (χ1) is 23.6. The minimum absolute atomic E-state index is 0.275. The van der Waals surface area contributed by atoms with Gasteiger partial charge < -0.3 is 0 Å². The maximum atomic E-state index is 5.38. The Bertz CT molecular complexity index is 2680. The third-order valence-electron chi connectivity index (χ3n) is 10.4. The van der Waals surface area contributed by atoms with E-state index in [1.165, 1.54) is 60.1 Å². The molecule has 2 aromatic heterocycles. The lowest BCUT2D eigenvalue weighted by Crippen LogP contribution is -2.17. The van der Waals surface area contributed by atoms with Gasteiger partial charge in [-0.2, -0.15) is 0 Å². The van der Waals surface area contributed by atoms with Gasteiger partial charge in [-0.1, -0.05) is 153 Å². The van der Waals surface area contributed by atoms with Crippen molar-refractivity contribution in [1.29, 1.82) is 0 Å². The van der Waals surface area contributed by atoms with E-state index in [0.717, 1.165) is 28.0 Å². The Morgan fingerprint density at radius 2 is 1.06 bits per heavy atom. The Kier molecular flexibility index (Phi) is 5.63. The summed E-state index contributed by atoms with van der Waals surface area (Å²) in [5.74, 6) is 0.676. The van der Waals surface area contributed by atoms with Crippen LogP contribution >= 0.6 is 0 Å². The van der Waals surface area contributed by atoms with E-state index in [1.807, 2.05) is 0 Å². The summed E-state index contributed by atoms with van der Waals surface area (Å²) in [6.07, 6.45) is 0. The fourth-order valence-corrected chi connectivity index (χ4v) is 8.24. The molecule has 9 aromatic rings. The highest BCUT2D eigenvalue weighted by atomic mass is 15.2. The van der Waals surface area contributed by atoms with Crippen molar-refractivity contribution in [2.24, 2.45) is 0 Å². The summed E-state index contributed by atoms with van der Waals surface area (Å²) < 4.78 is 2.35. The average Bonchev–Trinajstić information content (AvgIpc) is 3.61. The number of benzene rings is 7. The number of fused-ring (bicyclic) bond motifs is 12. The Labute approximate surface area is 278 Å². The minimum atomic E-state index is -0.275. The molecule has 226 valence electrons. The molecule has 0 spiro atoms. The molecule has 48 heavy (non-hydrogen) atoms. The summed E-state index contributed by atoms with van der Waals surface area (Å²) in [4.78, 5) is 10.8. The molecule has 0 atom stereocenters. The quantitative estimate of drug-likeness (QED) is 0.198. The van der Waals surface area contributed by atoms with E-state index in [0.29, 0.717) is 5.95 Å². The van der Waals surface area contributed by atoms with E-state index >= 15 is 0 Å². The van der Waals surface area contributed by atoms with Crippen LogP contribution in [0.4, 0.5) is 0 Å². The lowest BCUT2D eigenvalue weighted by molar-refractivity contribution is 0.664. The van der Waals surface area contributed by atoms with Crippen LogP contribution in [0, 0.1) is 0 Å². The molecule has 1 aliphatic carbocycles. The van der Waals surface area contributed by atoms with Crippen molar-refractivity contribution in [1.82, 2.24) is 14.5 Å². The van der Waals surface area contributed by atoms with E-state index in [4.69, 9.17) is 9.97 Å². The van der Waals surface area contributed by atoms with Crippen LogP contribution in [0.15, 0.2) is 152 Å². The fourth-order valence-electron chi connectivity index (χ4n) is 8.24. The fraction of sp³-hybridized carbons (Fsp3) is 0.0667. The second-order valence-electron chi connectivity index (χ2n) is 13.4. The summed E-state index contributed by atoms with van der Waals surface area (Å²) in [6.45, 7) is 4.78. The van der Waals surface area contributed by atoms with Crippen molar-refractivity contribution in [2.45, 2.75) is 19.3 Å². The lowest BCUT2D eigenvalue weighted by atomic mass is 9.80. The molecule has 3 nitrogen and oxygen atoms in total. The molecule has 10 rings (SSSR count). The Morgan fingerprint density at radius 1 is 0.500 bits per heavy atom. The van der Waals surface area contributed by atoms with Crippen LogP contribution in [0.25, 0.3) is 82.9 Å². The van der Waals surface area contributed by atoms with E-state index in [9.17, 15) is 0 Å². The standard InChI is InChI=1S/C45H31N3/c1-45(2)35-26-25-28-15-9-10-20-31(28)40(35)41-33-22-12-11-21-32(33)39-34-23-13-14-24-38(34)48(43(39)42(41)45)44-46-36(29-16-5-3-6-17-29)27-37(47-44)30-18-7-4-8-19-30/h3-27H,1-2H3. The SMILES string of the molecule is CC1(C)c2ccc3ccccc3c2-c2c1c1c(c3ccccc23)c2ccccc2n1-c1nc(-c2ccccc2)cc(-c2ccccc2)n1. The zero-order chi connectivity index (χ0) is 32.0. The number of hydrogen-bond acceptors (Lipinski definition) is 2.